The summed E-state index contributed by atoms with van der Waals surface area (Å²) in [5.74, 6) is -4.96. The highest BCUT2D eigenvalue weighted by Gasteiger charge is 2.78. The molecule has 0 heterocycles. The molecular formula is C20H26O6. The molecular weight excluding hydrogens is 336 g/mol. The highest BCUT2D eigenvalue weighted by atomic mass is 16.4. The number of rotatable bonds is 3. The molecule has 4 saturated carbocycles. The van der Waals surface area contributed by atoms with Gasteiger partial charge < -0.3 is 15.3 Å². The lowest BCUT2D eigenvalue weighted by Gasteiger charge is -2.49. The van der Waals surface area contributed by atoms with E-state index < -0.39 is 46.0 Å². The molecule has 7 unspecified atom stereocenters. The number of hydrogen-bond acceptors (Lipinski definition) is 3. The first-order valence-corrected chi connectivity index (χ1v) is 9.48. The minimum absolute atomic E-state index is 0.246. The molecule has 4 aliphatic carbocycles. The molecule has 1 spiro atoms. The quantitative estimate of drug-likeness (QED) is 0.665. The van der Waals surface area contributed by atoms with Gasteiger partial charge in [-0.15, -0.1) is 0 Å². The average molecular weight is 362 g/mol. The first kappa shape index (κ1) is 17.6. The molecule has 0 aliphatic heterocycles. The van der Waals surface area contributed by atoms with Gasteiger partial charge in [0.05, 0.1) is 16.7 Å². The summed E-state index contributed by atoms with van der Waals surface area (Å²) >= 11 is 0. The molecule has 0 aromatic heterocycles. The number of carboxylic acids is 3. The standard InChI is InChI=1S/C20H26O6/c1-10-8-19-9-11(10)4-5-12(19)20(17(25)26)7-3-6-18(2,16(23)24)14(20)13(19)15(21)22/h11-14H,1,3-9H2,2H3,(H,21,22)(H,23,24)(H,25,26). The Hall–Kier alpha value is -1.85. The lowest BCUT2D eigenvalue weighted by molar-refractivity contribution is -0.177. The van der Waals surface area contributed by atoms with E-state index in [4.69, 9.17) is 0 Å². The lowest BCUT2D eigenvalue weighted by Crippen LogP contribution is -2.54. The fourth-order valence-corrected chi connectivity index (χ4v) is 7.73. The van der Waals surface area contributed by atoms with Crippen molar-refractivity contribution in [3.05, 3.63) is 12.2 Å². The zero-order valence-corrected chi connectivity index (χ0v) is 15.0. The van der Waals surface area contributed by atoms with E-state index in [0.29, 0.717) is 38.5 Å². The number of hydrogen-bond donors (Lipinski definition) is 3. The molecule has 7 atom stereocenters. The number of fused-ring (bicyclic) bond motifs is 3. The molecule has 142 valence electrons. The van der Waals surface area contributed by atoms with E-state index >= 15 is 0 Å². The van der Waals surface area contributed by atoms with Crippen molar-refractivity contribution in [2.75, 3.05) is 0 Å². The maximum absolute atomic E-state index is 12.6. The molecule has 0 radical (unpaired) electrons. The minimum Gasteiger partial charge on any atom is -0.481 e. The van der Waals surface area contributed by atoms with Crippen molar-refractivity contribution in [1.29, 1.82) is 0 Å². The third-order valence-electron chi connectivity index (χ3n) is 8.51. The number of allylic oxidation sites excluding steroid dienone is 1. The van der Waals surface area contributed by atoms with Crippen LogP contribution >= 0.6 is 0 Å². The molecule has 2 bridgehead atoms. The van der Waals surface area contributed by atoms with Gasteiger partial charge in [-0.05, 0) is 62.7 Å². The van der Waals surface area contributed by atoms with Crippen molar-refractivity contribution in [3.8, 4) is 0 Å². The van der Waals surface area contributed by atoms with E-state index in [9.17, 15) is 29.7 Å². The van der Waals surface area contributed by atoms with Crippen molar-refractivity contribution in [2.45, 2.75) is 51.9 Å². The van der Waals surface area contributed by atoms with E-state index in [-0.39, 0.29) is 11.8 Å². The number of carbonyl (C=O) groups is 3. The Kier molecular flexibility index (Phi) is 3.45. The molecule has 0 amide bonds. The van der Waals surface area contributed by atoms with Crippen molar-refractivity contribution in [3.63, 3.8) is 0 Å². The second-order valence-corrected chi connectivity index (χ2v) is 9.31. The largest absolute Gasteiger partial charge is 0.481 e. The molecule has 26 heavy (non-hydrogen) atoms. The van der Waals surface area contributed by atoms with E-state index in [1.807, 2.05) is 0 Å². The predicted molar refractivity (Wildman–Crippen MR) is 91.3 cm³/mol. The molecule has 4 rings (SSSR count). The van der Waals surface area contributed by atoms with E-state index in [2.05, 4.69) is 6.58 Å². The summed E-state index contributed by atoms with van der Waals surface area (Å²) in [7, 11) is 0. The molecule has 4 fully saturated rings. The fourth-order valence-electron chi connectivity index (χ4n) is 7.73. The van der Waals surface area contributed by atoms with Gasteiger partial charge >= 0.3 is 17.9 Å². The van der Waals surface area contributed by atoms with Crippen LogP contribution in [0.2, 0.25) is 0 Å². The second kappa shape index (κ2) is 5.11. The molecule has 6 heteroatoms. The summed E-state index contributed by atoms with van der Waals surface area (Å²) in [4.78, 5) is 37.3. The van der Waals surface area contributed by atoms with Crippen LogP contribution in [-0.4, -0.2) is 33.2 Å². The van der Waals surface area contributed by atoms with Crippen LogP contribution in [0.4, 0.5) is 0 Å². The van der Waals surface area contributed by atoms with Gasteiger partial charge in [-0.1, -0.05) is 18.6 Å². The highest BCUT2D eigenvalue weighted by Crippen LogP contribution is 2.77. The summed E-state index contributed by atoms with van der Waals surface area (Å²) in [5, 5.41) is 30.5. The summed E-state index contributed by atoms with van der Waals surface area (Å²) in [5.41, 5.74) is -2.22. The lowest BCUT2D eigenvalue weighted by atomic mass is 9.52. The van der Waals surface area contributed by atoms with Crippen LogP contribution in [0, 0.1) is 39.9 Å². The Bertz CT molecular complexity index is 728. The molecule has 0 aromatic carbocycles. The summed E-state index contributed by atoms with van der Waals surface area (Å²) < 4.78 is 0. The van der Waals surface area contributed by atoms with E-state index in [1.165, 1.54) is 0 Å². The van der Waals surface area contributed by atoms with Gasteiger partial charge in [0.1, 0.15) is 0 Å². The first-order chi connectivity index (χ1) is 12.1. The molecule has 4 aliphatic rings. The zero-order chi connectivity index (χ0) is 19.1. The van der Waals surface area contributed by atoms with Gasteiger partial charge in [-0.25, -0.2) is 0 Å². The van der Waals surface area contributed by atoms with Crippen LogP contribution in [0.1, 0.15) is 51.9 Å². The molecule has 0 saturated heterocycles. The Morgan fingerprint density at radius 3 is 2.35 bits per heavy atom. The van der Waals surface area contributed by atoms with E-state index in [0.717, 1.165) is 12.0 Å². The maximum atomic E-state index is 12.6. The van der Waals surface area contributed by atoms with Gasteiger partial charge in [0.15, 0.2) is 0 Å². The normalized spacial score (nSPS) is 49.3. The van der Waals surface area contributed by atoms with Crippen molar-refractivity contribution < 1.29 is 29.7 Å². The van der Waals surface area contributed by atoms with Crippen LogP contribution in [0.15, 0.2) is 12.2 Å². The fraction of sp³-hybridized carbons (Fsp3) is 0.750. The monoisotopic (exact) mass is 362 g/mol. The Morgan fingerprint density at radius 1 is 1.08 bits per heavy atom. The summed E-state index contributed by atoms with van der Waals surface area (Å²) in [6.45, 7) is 5.72. The van der Waals surface area contributed by atoms with Crippen molar-refractivity contribution in [2.24, 2.45) is 39.9 Å². The Balaban J connectivity index is 2.00. The smallest absolute Gasteiger partial charge is 0.310 e. The zero-order valence-electron chi connectivity index (χ0n) is 15.0. The highest BCUT2D eigenvalue weighted by molar-refractivity contribution is 5.85. The van der Waals surface area contributed by atoms with Gasteiger partial charge in [-0.3, -0.25) is 14.4 Å². The predicted octanol–water partition coefficient (Wildman–Crippen LogP) is 3.03. The Labute approximate surface area is 152 Å². The summed E-state index contributed by atoms with van der Waals surface area (Å²) in [6.07, 6.45) is 3.89. The minimum atomic E-state index is -1.33. The third-order valence-corrected chi connectivity index (χ3v) is 8.51. The van der Waals surface area contributed by atoms with Crippen LogP contribution < -0.4 is 0 Å². The average Bonchev–Trinajstić information content (AvgIpc) is 2.96. The van der Waals surface area contributed by atoms with Gasteiger partial charge in [-0.2, -0.15) is 0 Å². The van der Waals surface area contributed by atoms with Crippen molar-refractivity contribution >= 4 is 17.9 Å². The first-order valence-electron chi connectivity index (χ1n) is 9.48. The Morgan fingerprint density at radius 2 is 1.77 bits per heavy atom. The number of aliphatic carboxylic acids is 3. The molecule has 6 nitrogen and oxygen atoms in total. The molecule has 0 aromatic rings. The number of carboxylic acid groups (broad SMARTS) is 3. The van der Waals surface area contributed by atoms with Crippen LogP contribution in [0.5, 0.6) is 0 Å². The third kappa shape index (κ3) is 1.75. The topological polar surface area (TPSA) is 112 Å². The van der Waals surface area contributed by atoms with E-state index in [1.54, 1.807) is 6.92 Å². The van der Waals surface area contributed by atoms with Crippen LogP contribution in [0.25, 0.3) is 0 Å². The van der Waals surface area contributed by atoms with Gasteiger partial charge in [0.2, 0.25) is 0 Å². The van der Waals surface area contributed by atoms with Gasteiger partial charge in [0.25, 0.3) is 0 Å². The maximum Gasteiger partial charge on any atom is 0.310 e. The van der Waals surface area contributed by atoms with Crippen molar-refractivity contribution in [1.82, 2.24) is 0 Å². The van der Waals surface area contributed by atoms with Crippen LogP contribution in [0.3, 0.4) is 0 Å². The summed E-state index contributed by atoms with van der Waals surface area (Å²) in [6, 6.07) is 0. The molecule has 3 N–H and O–H groups in total. The second-order valence-electron chi connectivity index (χ2n) is 9.31. The van der Waals surface area contributed by atoms with Gasteiger partial charge in [0, 0.05) is 5.92 Å². The van der Waals surface area contributed by atoms with Crippen LogP contribution in [-0.2, 0) is 14.4 Å². The SMILES string of the molecule is C=C1CC23CC1CCC2C1(C(=O)O)CCCC(C)(C(=O)O)C1C3C(=O)O.